The lowest BCUT2D eigenvalue weighted by Crippen LogP contribution is -1.99. The Morgan fingerprint density at radius 3 is 2.54 bits per heavy atom. The molecule has 1 rings (SSSR count). The summed E-state index contributed by atoms with van der Waals surface area (Å²) in [4.78, 5) is 10.5. The number of hydrogen-bond acceptors (Lipinski definition) is 3. The van der Waals surface area contributed by atoms with E-state index >= 15 is 0 Å². The molecule has 0 aliphatic carbocycles. The highest BCUT2D eigenvalue weighted by Gasteiger charge is 2.05. The van der Waals surface area contributed by atoms with Gasteiger partial charge < -0.3 is 10.3 Å². The molecule has 13 heavy (non-hydrogen) atoms. The molecule has 0 unspecified atom stereocenters. The molecular weight excluding hydrogens is 194 g/mol. The minimum Gasteiger partial charge on any atom is -0.478 e. The smallest absolute Gasteiger partial charge is 0.335 e. The van der Waals surface area contributed by atoms with Gasteiger partial charge in [-0.05, 0) is 12.1 Å². The molecule has 0 saturated heterocycles. The molecule has 2 N–H and O–H groups in total. The molecule has 0 fully saturated rings. The van der Waals surface area contributed by atoms with Crippen molar-refractivity contribution < 1.29 is 15.1 Å². The van der Waals surface area contributed by atoms with Crippen LogP contribution in [0.5, 0.6) is 0 Å². The number of carbonyl (C=O) groups is 1. The second kappa shape index (κ2) is 3.91. The second-order valence-corrected chi connectivity index (χ2v) is 2.63. The molecular formula is C8H6ClNO3. The van der Waals surface area contributed by atoms with E-state index in [1.807, 2.05) is 0 Å². The van der Waals surface area contributed by atoms with Gasteiger partial charge in [0.25, 0.3) is 0 Å². The number of rotatable bonds is 2. The summed E-state index contributed by atoms with van der Waals surface area (Å²) in [5, 5.41) is 19.6. The molecule has 0 aromatic heterocycles. The van der Waals surface area contributed by atoms with Gasteiger partial charge in [0.1, 0.15) is 0 Å². The monoisotopic (exact) mass is 199 g/mol. The number of halogens is 1. The molecule has 0 amide bonds. The van der Waals surface area contributed by atoms with Crippen molar-refractivity contribution in [2.75, 3.05) is 0 Å². The van der Waals surface area contributed by atoms with Gasteiger partial charge in [-0.15, -0.1) is 0 Å². The van der Waals surface area contributed by atoms with Gasteiger partial charge in [-0.1, -0.05) is 28.9 Å². The van der Waals surface area contributed by atoms with E-state index in [2.05, 4.69) is 5.16 Å². The molecule has 0 radical (unpaired) electrons. The number of carboxylic acids is 1. The third kappa shape index (κ3) is 2.19. The minimum atomic E-state index is -1.05. The van der Waals surface area contributed by atoms with Crippen molar-refractivity contribution in [3.63, 3.8) is 0 Å². The Labute approximate surface area is 79.1 Å². The Bertz CT molecular complexity index is 362. The Balaban J connectivity index is 3.13. The average molecular weight is 200 g/mol. The number of oxime groups is 1. The summed E-state index contributed by atoms with van der Waals surface area (Å²) in [5.41, 5.74) is 0.461. The maximum Gasteiger partial charge on any atom is 0.335 e. The van der Waals surface area contributed by atoms with Crippen molar-refractivity contribution >= 4 is 22.7 Å². The van der Waals surface area contributed by atoms with E-state index in [0.29, 0.717) is 5.56 Å². The highest BCUT2D eigenvalue weighted by atomic mass is 35.5. The van der Waals surface area contributed by atoms with E-state index < -0.39 is 5.97 Å². The highest BCUT2D eigenvalue weighted by Crippen LogP contribution is 2.08. The van der Waals surface area contributed by atoms with Gasteiger partial charge in [-0.2, -0.15) is 0 Å². The molecule has 0 aliphatic heterocycles. The Morgan fingerprint density at radius 1 is 1.38 bits per heavy atom. The molecule has 0 spiro atoms. The van der Waals surface area contributed by atoms with Crippen LogP contribution in [0.2, 0.25) is 0 Å². The van der Waals surface area contributed by atoms with Crippen molar-refractivity contribution in [3.05, 3.63) is 35.4 Å². The van der Waals surface area contributed by atoms with Crippen LogP contribution in [-0.4, -0.2) is 21.5 Å². The number of hydrogen-bond donors (Lipinski definition) is 2. The lowest BCUT2D eigenvalue weighted by atomic mass is 10.1. The predicted octanol–water partition coefficient (Wildman–Crippen LogP) is 1.76. The standard InChI is InChI=1S/C8H6ClNO3/c9-7(10-13)5-2-1-3-6(4-5)8(11)12/h1-4,13H,(H,11,12)/b10-7+. The molecule has 4 nitrogen and oxygen atoms in total. The first-order valence-electron chi connectivity index (χ1n) is 3.36. The van der Waals surface area contributed by atoms with Crippen LogP contribution < -0.4 is 0 Å². The topological polar surface area (TPSA) is 69.9 Å². The normalized spacial score (nSPS) is 11.3. The first-order chi connectivity index (χ1) is 6.15. The van der Waals surface area contributed by atoms with Crippen molar-refractivity contribution in [1.82, 2.24) is 0 Å². The van der Waals surface area contributed by atoms with Gasteiger partial charge >= 0.3 is 5.97 Å². The van der Waals surface area contributed by atoms with Gasteiger partial charge in [0.05, 0.1) is 5.56 Å². The summed E-state index contributed by atoms with van der Waals surface area (Å²) < 4.78 is 0. The lowest BCUT2D eigenvalue weighted by molar-refractivity contribution is 0.0697. The van der Waals surface area contributed by atoms with Gasteiger partial charge in [-0.3, -0.25) is 0 Å². The van der Waals surface area contributed by atoms with Crippen LogP contribution in [0.4, 0.5) is 0 Å². The van der Waals surface area contributed by atoms with Crippen molar-refractivity contribution in [2.45, 2.75) is 0 Å². The summed E-state index contributed by atoms with van der Waals surface area (Å²) in [6.45, 7) is 0. The zero-order chi connectivity index (χ0) is 9.84. The first-order valence-corrected chi connectivity index (χ1v) is 3.74. The van der Waals surface area contributed by atoms with Crippen molar-refractivity contribution in [3.8, 4) is 0 Å². The van der Waals surface area contributed by atoms with E-state index in [9.17, 15) is 4.79 Å². The van der Waals surface area contributed by atoms with E-state index in [-0.39, 0.29) is 10.7 Å². The summed E-state index contributed by atoms with van der Waals surface area (Å²) >= 11 is 5.47. The molecule has 68 valence electrons. The molecule has 0 atom stereocenters. The van der Waals surface area contributed by atoms with E-state index in [0.717, 1.165) is 0 Å². The van der Waals surface area contributed by atoms with E-state index in [1.54, 1.807) is 6.07 Å². The second-order valence-electron chi connectivity index (χ2n) is 2.28. The third-order valence-corrected chi connectivity index (χ3v) is 1.73. The summed E-state index contributed by atoms with van der Waals surface area (Å²) in [6, 6.07) is 5.82. The predicted molar refractivity (Wildman–Crippen MR) is 47.6 cm³/mol. The van der Waals surface area contributed by atoms with Gasteiger partial charge in [0.2, 0.25) is 0 Å². The quantitative estimate of drug-likeness (QED) is 0.433. The first kappa shape index (κ1) is 9.54. The largest absolute Gasteiger partial charge is 0.478 e. The van der Waals surface area contributed by atoms with Crippen LogP contribution in [0.15, 0.2) is 29.4 Å². The molecule has 0 bridgehead atoms. The van der Waals surface area contributed by atoms with Crippen molar-refractivity contribution in [2.24, 2.45) is 5.16 Å². The number of aromatic carboxylic acids is 1. The molecule has 1 aromatic rings. The van der Waals surface area contributed by atoms with Gasteiger partial charge in [0.15, 0.2) is 5.17 Å². The van der Waals surface area contributed by atoms with Crippen molar-refractivity contribution in [1.29, 1.82) is 0 Å². The van der Waals surface area contributed by atoms with E-state index in [4.69, 9.17) is 21.9 Å². The molecule has 0 aliphatic rings. The number of benzene rings is 1. The Hall–Kier alpha value is -1.55. The maximum atomic E-state index is 10.5. The van der Waals surface area contributed by atoms with Crippen LogP contribution in [0.3, 0.4) is 0 Å². The molecule has 5 heteroatoms. The van der Waals surface area contributed by atoms with Gasteiger partial charge in [0, 0.05) is 5.56 Å². The summed E-state index contributed by atoms with van der Waals surface area (Å²) in [7, 11) is 0. The fourth-order valence-corrected chi connectivity index (χ4v) is 0.956. The minimum absolute atomic E-state index is 0.0966. The fraction of sp³-hybridized carbons (Fsp3) is 0. The van der Waals surface area contributed by atoms with Crippen LogP contribution in [-0.2, 0) is 0 Å². The highest BCUT2D eigenvalue weighted by molar-refractivity contribution is 6.69. The molecule has 0 heterocycles. The molecule has 1 aromatic carbocycles. The lowest BCUT2D eigenvalue weighted by Gasteiger charge is -1.97. The maximum absolute atomic E-state index is 10.5. The summed E-state index contributed by atoms with van der Waals surface area (Å²) in [5.74, 6) is -1.05. The Morgan fingerprint density at radius 2 is 2.00 bits per heavy atom. The Kier molecular flexibility index (Phi) is 2.87. The average Bonchev–Trinajstić information content (AvgIpc) is 2.17. The number of nitrogens with zero attached hydrogens (tertiary/aromatic N) is 1. The van der Waals surface area contributed by atoms with Crippen LogP contribution in [0.25, 0.3) is 0 Å². The third-order valence-electron chi connectivity index (χ3n) is 1.44. The van der Waals surface area contributed by atoms with Crippen LogP contribution in [0, 0.1) is 0 Å². The van der Waals surface area contributed by atoms with Gasteiger partial charge in [-0.25, -0.2) is 4.79 Å². The zero-order valence-corrected chi connectivity index (χ0v) is 7.19. The van der Waals surface area contributed by atoms with Crippen LogP contribution in [0.1, 0.15) is 15.9 Å². The SMILES string of the molecule is O=C(O)c1cccc(/C(Cl)=N\O)c1. The summed E-state index contributed by atoms with van der Waals surface area (Å²) in [6.07, 6.45) is 0. The van der Waals surface area contributed by atoms with Crippen LogP contribution >= 0.6 is 11.6 Å². The zero-order valence-electron chi connectivity index (χ0n) is 6.44. The number of carboxylic acid groups (broad SMARTS) is 1. The molecule has 0 saturated carbocycles. The fourth-order valence-electron chi connectivity index (χ4n) is 0.838. The van der Waals surface area contributed by atoms with E-state index in [1.165, 1.54) is 18.2 Å².